The zero-order chi connectivity index (χ0) is 18.2. The molecule has 10 nitrogen and oxygen atoms in total. The van der Waals surface area contributed by atoms with Gasteiger partial charge in [0, 0.05) is 27.7 Å². The first-order valence-corrected chi connectivity index (χ1v) is 6.42. The predicted octanol–water partition coefficient (Wildman–Crippen LogP) is -0.571. The number of hydrogen-bond acceptors (Lipinski definition) is 9. The SMILES string of the molecule is CC(=O)OC[C@@H](OC(C)=O)[C@@H](OC(C)=O)[C@H](OC(C)=O)C(=O)O. The maximum absolute atomic E-state index is 11.3. The van der Waals surface area contributed by atoms with Gasteiger partial charge in [-0.3, -0.25) is 19.2 Å². The lowest BCUT2D eigenvalue weighted by molar-refractivity contribution is -0.195. The Labute approximate surface area is 131 Å². The van der Waals surface area contributed by atoms with E-state index in [1.54, 1.807) is 0 Å². The summed E-state index contributed by atoms with van der Waals surface area (Å²) in [5, 5.41) is 9.15. The molecule has 3 atom stereocenters. The molecule has 1 N–H and O–H groups in total. The van der Waals surface area contributed by atoms with Gasteiger partial charge in [0.25, 0.3) is 0 Å². The van der Waals surface area contributed by atoms with E-state index in [9.17, 15) is 24.0 Å². The minimum Gasteiger partial charge on any atom is -0.478 e. The average molecular weight is 334 g/mol. The third-order valence-electron chi connectivity index (χ3n) is 2.27. The lowest BCUT2D eigenvalue weighted by Crippen LogP contribution is -2.50. The fraction of sp³-hybridized carbons (Fsp3) is 0.615. The summed E-state index contributed by atoms with van der Waals surface area (Å²) in [7, 11) is 0. The highest BCUT2D eigenvalue weighted by molar-refractivity contribution is 5.78. The number of carbonyl (C=O) groups excluding carboxylic acids is 4. The van der Waals surface area contributed by atoms with Gasteiger partial charge in [0.1, 0.15) is 6.61 Å². The molecule has 0 aliphatic rings. The van der Waals surface area contributed by atoms with Gasteiger partial charge in [-0.15, -0.1) is 0 Å². The minimum atomic E-state index is -1.95. The number of carboxylic acid groups (broad SMARTS) is 1. The zero-order valence-corrected chi connectivity index (χ0v) is 13.1. The Morgan fingerprint density at radius 3 is 1.61 bits per heavy atom. The lowest BCUT2D eigenvalue weighted by Gasteiger charge is -2.29. The van der Waals surface area contributed by atoms with Gasteiger partial charge in [0.2, 0.25) is 6.10 Å². The van der Waals surface area contributed by atoms with Gasteiger partial charge in [-0.25, -0.2) is 4.79 Å². The first-order chi connectivity index (χ1) is 10.5. The second-order valence-corrected chi connectivity index (χ2v) is 4.39. The highest BCUT2D eigenvalue weighted by atomic mass is 16.6. The molecule has 23 heavy (non-hydrogen) atoms. The van der Waals surface area contributed by atoms with Crippen molar-refractivity contribution in [3.63, 3.8) is 0 Å². The van der Waals surface area contributed by atoms with Crippen molar-refractivity contribution in [1.29, 1.82) is 0 Å². The Kier molecular flexibility index (Phi) is 8.30. The van der Waals surface area contributed by atoms with Crippen LogP contribution < -0.4 is 0 Å². The van der Waals surface area contributed by atoms with E-state index in [-0.39, 0.29) is 0 Å². The maximum atomic E-state index is 11.3. The summed E-state index contributed by atoms with van der Waals surface area (Å²) in [6, 6.07) is 0. The van der Waals surface area contributed by atoms with Crippen LogP contribution in [0.3, 0.4) is 0 Å². The van der Waals surface area contributed by atoms with Crippen molar-refractivity contribution in [1.82, 2.24) is 0 Å². The molecule has 0 unspecified atom stereocenters. The number of esters is 4. The van der Waals surface area contributed by atoms with Gasteiger partial charge in [0.15, 0.2) is 12.2 Å². The van der Waals surface area contributed by atoms with Crippen LogP contribution in [0.4, 0.5) is 0 Å². The molecule has 10 heteroatoms. The summed E-state index contributed by atoms with van der Waals surface area (Å²) in [5.41, 5.74) is 0. The van der Waals surface area contributed by atoms with Crippen molar-refractivity contribution in [3.05, 3.63) is 0 Å². The van der Waals surface area contributed by atoms with Crippen LogP contribution in [0.2, 0.25) is 0 Å². The topological polar surface area (TPSA) is 142 Å². The van der Waals surface area contributed by atoms with Gasteiger partial charge in [-0.2, -0.15) is 0 Å². The van der Waals surface area contributed by atoms with E-state index in [4.69, 9.17) is 14.6 Å². The van der Waals surface area contributed by atoms with Crippen molar-refractivity contribution in [2.24, 2.45) is 0 Å². The Hall–Kier alpha value is -2.65. The van der Waals surface area contributed by atoms with E-state index in [0.29, 0.717) is 0 Å². The molecule has 0 bridgehead atoms. The van der Waals surface area contributed by atoms with Crippen LogP contribution in [0.1, 0.15) is 27.7 Å². The molecule has 0 heterocycles. The fourth-order valence-electron chi connectivity index (χ4n) is 1.57. The quantitative estimate of drug-likeness (QED) is 0.452. The van der Waals surface area contributed by atoms with Crippen LogP contribution >= 0.6 is 0 Å². The number of hydrogen-bond donors (Lipinski definition) is 1. The first-order valence-electron chi connectivity index (χ1n) is 6.42. The summed E-state index contributed by atoms with van der Waals surface area (Å²) in [6.07, 6.45) is -5.12. The molecule has 0 saturated heterocycles. The number of carboxylic acids is 1. The predicted molar refractivity (Wildman–Crippen MR) is 70.9 cm³/mol. The third kappa shape index (κ3) is 8.39. The molecule has 0 aromatic heterocycles. The second-order valence-electron chi connectivity index (χ2n) is 4.39. The molecule has 0 aliphatic heterocycles. The summed E-state index contributed by atoms with van der Waals surface area (Å²) >= 11 is 0. The van der Waals surface area contributed by atoms with E-state index in [1.165, 1.54) is 0 Å². The van der Waals surface area contributed by atoms with Crippen LogP contribution in [-0.4, -0.2) is 59.9 Å². The molecule has 0 amide bonds. The number of carbonyl (C=O) groups is 5. The van der Waals surface area contributed by atoms with Crippen molar-refractivity contribution in [2.45, 2.75) is 46.0 Å². The Morgan fingerprint density at radius 2 is 1.26 bits per heavy atom. The fourth-order valence-corrected chi connectivity index (χ4v) is 1.57. The van der Waals surface area contributed by atoms with E-state index < -0.39 is 54.8 Å². The Bertz CT molecular complexity index is 483. The van der Waals surface area contributed by atoms with Crippen molar-refractivity contribution >= 4 is 29.8 Å². The molecule has 0 spiro atoms. The van der Waals surface area contributed by atoms with Gasteiger partial charge < -0.3 is 24.1 Å². The van der Waals surface area contributed by atoms with Gasteiger partial charge in [-0.05, 0) is 0 Å². The molecule has 0 aromatic carbocycles. The first kappa shape index (κ1) is 20.3. The average Bonchev–Trinajstić information content (AvgIpc) is 2.37. The number of rotatable bonds is 8. The molecule has 0 aliphatic carbocycles. The normalized spacial score (nSPS) is 13.9. The van der Waals surface area contributed by atoms with Gasteiger partial charge in [0.05, 0.1) is 0 Å². The smallest absolute Gasteiger partial charge is 0.349 e. The number of ether oxygens (including phenoxy) is 4. The molecule has 0 radical (unpaired) electrons. The Morgan fingerprint density at radius 1 is 0.783 bits per heavy atom. The minimum absolute atomic E-state index is 0.585. The van der Waals surface area contributed by atoms with Crippen LogP contribution in [0, 0.1) is 0 Å². The van der Waals surface area contributed by atoms with Crippen LogP contribution in [0.15, 0.2) is 0 Å². The van der Waals surface area contributed by atoms with E-state index in [0.717, 1.165) is 27.7 Å². The van der Waals surface area contributed by atoms with Crippen LogP contribution in [0.25, 0.3) is 0 Å². The van der Waals surface area contributed by atoms with Crippen LogP contribution in [-0.2, 0) is 42.9 Å². The lowest BCUT2D eigenvalue weighted by atomic mass is 10.1. The summed E-state index contributed by atoms with van der Waals surface area (Å²) < 4.78 is 18.9. The number of aliphatic carboxylic acids is 1. The van der Waals surface area contributed by atoms with Crippen molar-refractivity contribution in [3.8, 4) is 0 Å². The maximum Gasteiger partial charge on any atom is 0.349 e. The third-order valence-corrected chi connectivity index (χ3v) is 2.27. The molecule has 0 fully saturated rings. The Balaban J connectivity index is 5.55. The van der Waals surface area contributed by atoms with Crippen molar-refractivity contribution in [2.75, 3.05) is 6.61 Å². The van der Waals surface area contributed by atoms with Gasteiger partial charge >= 0.3 is 29.8 Å². The van der Waals surface area contributed by atoms with E-state index >= 15 is 0 Å². The highest BCUT2D eigenvalue weighted by Crippen LogP contribution is 2.15. The van der Waals surface area contributed by atoms with Gasteiger partial charge in [-0.1, -0.05) is 0 Å². The van der Waals surface area contributed by atoms with E-state index in [2.05, 4.69) is 9.47 Å². The molecule has 0 saturated carbocycles. The second kappa shape index (κ2) is 9.38. The highest BCUT2D eigenvalue weighted by Gasteiger charge is 2.42. The largest absolute Gasteiger partial charge is 0.478 e. The molecule has 130 valence electrons. The summed E-state index contributed by atoms with van der Waals surface area (Å²) in [6.45, 7) is 3.45. The molecule has 0 rings (SSSR count). The molecular weight excluding hydrogens is 316 g/mol. The van der Waals surface area contributed by atoms with E-state index in [1.807, 2.05) is 0 Å². The zero-order valence-electron chi connectivity index (χ0n) is 13.1. The van der Waals surface area contributed by atoms with Crippen LogP contribution in [0.5, 0.6) is 0 Å². The standard InChI is InChI=1S/C13H18O10/c1-6(14)20-5-10(21-7(2)15)11(22-8(3)16)12(13(18)19)23-9(4)17/h10-12H,5H2,1-4H3,(H,18,19)/t10-,11-,12+/m1/s1. The van der Waals surface area contributed by atoms with Crippen molar-refractivity contribution < 1.29 is 48.0 Å². The monoisotopic (exact) mass is 334 g/mol. The molecular formula is C13H18O10. The summed E-state index contributed by atoms with van der Waals surface area (Å²) in [4.78, 5) is 55.5. The summed E-state index contributed by atoms with van der Waals surface area (Å²) in [5.74, 6) is -5.07. The molecule has 0 aromatic rings.